The number of hydrogen-bond acceptors (Lipinski definition) is 6. The van der Waals surface area contributed by atoms with Gasteiger partial charge in [0.15, 0.2) is 20.1 Å². The molecule has 1 saturated carbocycles. The molecule has 168 valence electrons. The van der Waals surface area contributed by atoms with Crippen LogP contribution in [0, 0.1) is 5.13 Å². The molecule has 1 atom stereocenters. The van der Waals surface area contributed by atoms with Crippen molar-refractivity contribution >= 4 is 43.8 Å². The van der Waals surface area contributed by atoms with Crippen LogP contribution in [0.4, 0.5) is 9.52 Å². The van der Waals surface area contributed by atoms with Crippen molar-refractivity contribution in [1.82, 2.24) is 4.98 Å². The molecule has 1 N–H and O–H groups in total. The van der Waals surface area contributed by atoms with Crippen molar-refractivity contribution in [3.05, 3.63) is 70.4 Å². The number of rotatable bonds is 7. The molecule has 6 nitrogen and oxygen atoms in total. The van der Waals surface area contributed by atoms with Crippen molar-refractivity contribution in [3.8, 4) is 5.75 Å². The van der Waals surface area contributed by atoms with Crippen LogP contribution in [-0.4, -0.2) is 24.6 Å². The first-order valence-corrected chi connectivity index (χ1v) is 12.8. The third-order valence-corrected chi connectivity index (χ3v) is 8.50. The lowest BCUT2D eigenvalue weighted by Crippen LogP contribution is -2.26. The average molecular weight is 495 g/mol. The number of ether oxygens (including phenoxy) is 1. The highest BCUT2D eigenvalue weighted by Crippen LogP contribution is 2.31. The second-order valence-corrected chi connectivity index (χ2v) is 11.1. The molecule has 0 radical (unpaired) electrons. The molecule has 0 bridgehead atoms. The van der Waals surface area contributed by atoms with Gasteiger partial charge in [-0.2, -0.15) is 4.39 Å². The molecule has 1 fully saturated rings. The summed E-state index contributed by atoms with van der Waals surface area (Å²) in [5.74, 6) is -0.178. The predicted octanol–water partition coefficient (Wildman–Crippen LogP) is 5.41. The number of benzene rings is 2. The molecule has 1 aromatic heterocycles. The van der Waals surface area contributed by atoms with Gasteiger partial charge in [-0.15, -0.1) is 0 Å². The largest absolute Gasteiger partial charge is 0.476 e. The van der Waals surface area contributed by atoms with Gasteiger partial charge in [0.05, 0.1) is 16.3 Å². The quantitative estimate of drug-likeness (QED) is 0.474. The molecule has 1 amide bonds. The Balaban J connectivity index is 1.60. The van der Waals surface area contributed by atoms with Gasteiger partial charge in [-0.05, 0) is 49.2 Å². The fourth-order valence-electron chi connectivity index (χ4n) is 3.63. The topological polar surface area (TPSA) is 85.4 Å². The Bertz CT molecular complexity index is 1190. The summed E-state index contributed by atoms with van der Waals surface area (Å²) in [5, 5.41) is 2.25. The number of sulfone groups is 1. The molecular formula is C22H20ClFN2O4S2. The van der Waals surface area contributed by atoms with Crippen LogP contribution >= 0.6 is 22.9 Å². The maximum absolute atomic E-state index is 13.3. The molecule has 32 heavy (non-hydrogen) atoms. The van der Waals surface area contributed by atoms with Crippen molar-refractivity contribution in [2.24, 2.45) is 0 Å². The number of aromatic nitrogens is 1. The van der Waals surface area contributed by atoms with Gasteiger partial charge in [0.1, 0.15) is 5.75 Å². The Kier molecular flexibility index (Phi) is 6.78. The highest BCUT2D eigenvalue weighted by atomic mass is 35.5. The van der Waals surface area contributed by atoms with E-state index in [1.165, 1.54) is 12.1 Å². The number of carbonyl (C=O) groups excluding carboxylic acids is 1. The lowest BCUT2D eigenvalue weighted by atomic mass is 10.1. The van der Waals surface area contributed by atoms with Crippen LogP contribution < -0.4 is 10.1 Å². The summed E-state index contributed by atoms with van der Waals surface area (Å²) in [6.07, 6.45) is 3.05. The van der Waals surface area contributed by atoms with E-state index >= 15 is 0 Å². The van der Waals surface area contributed by atoms with Crippen LogP contribution in [0.15, 0.2) is 59.6 Å². The molecule has 3 aromatic rings. The summed E-state index contributed by atoms with van der Waals surface area (Å²) in [4.78, 5) is 17.0. The zero-order chi connectivity index (χ0) is 22.7. The van der Waals surface area contributed by atoms with E-state index in [4.69, 9.17) is 16.3 Å². The van der Waals surface area contributed by atoms with Crippen LogP contribution in [0.5, 0.6) is 5.75 Å². The van der Waals surface area contributed by atoms with Crippen molar-refractivity contribution in [1.29, 1.82) is 0 Å². The molecule has 1 unspecified atom stereocenters. The second kappa shape index (κ2) is 9.56. The van der Waals surface area contributed by atoms with E-state index in [-0.39, 0.29) is 15.3 Å². The fourth-order valence-corrected chi connectivity index (χ4v) is 6.16. The number of amides is 1. The van der Waals surface area contributed by atoms with E-state index in [2.05, 4.69) is 10.3 Å². The predicted molar refractivity (Wildman–Crippen MR) is 121 cm³/mol. The van der Waals surface area contributed by atoms with E-state index in [1.54, 1.807) is 36.4 Å². The van der Waals surface area contributed by atoms with E-state index in [9.17, 15) is 17.6 Å². The fraction of sp³-hybridized carbons (Fsp3) is 0.273. The number of halogens is 2. The molecule has 1 heterocycles. The number of thiazole rings is 1. The Morgan fingerprint density at radius 1 is 1.12 bits per heavy atom. The van der Waals surface area contributed by atoms with E-state index < -0.39 is 27.0 Å². The van der Waals surface area contributed by atoms with Crippen molar-refractivity contribution in [3.63, 3.8) is 0 Å². The number of nitrogens with one attached hydrogen (secondary N) is 1. The van der Waals surface area contributed by atoms with E-state index in [1.807, 2.05) is 0 Å². The normalized spacial score (nSPS) is 15.4. The Labute approximate surface area is 194 Å². The van der Waals surface area contributed by atoms with Crippen LogP contribution in [0.2, 0.25) is 5.02 Å². The number of carbonyl (C=O) groups is 1. The first kappa shape index (κ1) is 22.7. The SMILES string of the molecule is O=C(Nc1ncc(F)s1)C(Oc1ccc(Cl)cc1)c1ccc(S(=O)(=O)C2CCCC2)cc1. The summed E-state index contributed by atoms with van der Waals surface area (Å²) >= 11 is 6.61. The third-order valence-electron chi connectivity index (χ3n) is 5.27. The van der Waals surface area contributed by atoms with Crippen molar-refractivity contribution < 1.29 is 22.3 Å². The standard InChI is InChI=1S/C22H20ClFN2O4S2/c23-15-7-9-16(10-8-15)30-20(21(27)26-22-25-13-19(24)31-22)14-5-11-18(12-6-14)32(28,29)17-3-1-2-4-17/h5-13,17,20H,1-4H2,(H,25,26,27). The zero-order valence-corrected chi connectivity index (χ0v) is 19.2. The third kappa shape index (κ3) is 5.11. The summed E-state index contributed by atoms with van der Waals surface area (Å²) in [6, 6.07) is 12.6. The maximum Gasteiger partial charge on any atom is 0.271 e. The van der Waals surface area contributed by atoms with Crippen LogP contribution in [0.1, 0.15) is 37.4 Å². The van der Waals surface area contributed by atoms with Gasteiger partial charge < -0.3 is 4.74 Å². The lowest BCUT2D eigenvalue weighted by molar-refractivity contribution is -0.123. The monoisotopic (exact) mass is 494 g/mol. The summed E-state index contributed by atoms with van der Waals surface area (Å²) in [5.41, 5.74) is 0.444. The average Bonchev–Trinajstić information content (AvgIpc) is 3.46. The highest BCUT2D eigenvalue weighted by Gasteiger charge is 2.31. The summed E-state index contributed by atoms with van der Waals surface area (Å²) in [6.45, 7) is 0. The first-order valence-electron chi connectivity index (χ1n) is 10.0. The minimum absolute atomic E-state index is 0.0950. The molecule has 10 heteroatoms. The Morgan fingerprint density at radius 2 is 1.78 bits per heavy atom. The van der Waals surface area contributed by atoms with Crippen LogP contribution in [0.3, 0.4) is 0 Å². The molecule has 0 aliphatic heterocycles. The first-order chi connectivity index (χ1) is 15.3. The van der Waals surface area contributed by atoms with Crippen LogP contribution in [-0.2, 0) is 14.6 Å². The van der Waals surface area contributed by atoms with Crippen molar-refractivity contribution in [2.45, 2.75) is 41.9 Å². The lowest BCUT2D eigenvalue weighted by Gasteiger charge is -2.19. The van der Waals surface area contributed by atoms with Gasteiger partial charge in [-0.1, -0.05) is 47.9 Å². The van der Waals surface area contributed by atoms with Gasteiger partial charge >= 0.3 is 0 Å². The number of nitrogens with zero attached hydrogens (tertiary/aromatic N) is 1. The number of anilines is 1. The van der Waals surface area contributed by atoms with E-state index in [0.29, 0.717) is 40.5 Å². The Morgan fingerprint density at radius 3 is 2.38 bits per heavy atom. The maximum atomic E-state index is 13.3. The molecule has 0 saturated heterocycles. The summed E-state index contributed by atoms with van der Waals surface area (Å²) < 4.78 is 44.9. The van der Waals surface area contributed by atoms with Crippen LogP contribution in [0.25, 0.3) is 0 Å². The smallest absolute Gasteiger partial charge is 0.271 e. The Hall–Kier alpha value is -2.49. The number of hydrogen-bond donors (Lipinski definition) is 1. The molecule has 4 rings (SSSR count). The van der Waals surface area contributed by atoms with Gasteiger partial charge in [0.25, 0.3) is 5.91 Å². The van der Waals surface area contributed by atoms with E-state index in [0.717, 1.165) is 19.0 Å². The molecule has 1 aliphatic carbocycles. The molecular weight excluding hydrogens is 475 g/mol. The van der Waals surface area contributed by atoms with Gasteiger partial charge in [0, 0.05) is 10.6 Å². The van der Waals surface area contributed by atoms with Gasteiger partial charge in [0.2, 0.25) is 6.10 Å². The summed E-state index contributed by atoms with van der Waals surface area (Å²) in [7, 11) is -3.42. The second-order valence-electron chi connectivity index (χ2n) is 7.43. The highest BCUT2D eigenvalue weighted by molar-refractivity contribution is 7.92. The van der Waals surface area contributed by atoms with Gasteiger partial charge in [-0.25, -0.2) is 13.4 Å². The zero-order valence-electron chi connectivity index (χ0n) is 16.8. The molecule has 2 aromatic carbocycles. The molecule has 0 spiro atoms. The minimum atomic E-state index is -3.42. The molecule has 1 aliphatic rings. The van der Waals surface area contributed by atoms with Crippen molar-refractivity contribution in [2.75, 3.05) is 5.32 Å². The van der Waals surface area contributed by atoms with Gasteiger partial charge in [-0.3, -0.25) is 10.1 Å². The minimum Gasteiger partial charge on any atom is -0.476 e.